The van der Waals surface area contributed by atoms with Gasteiger partial charge in [0.1, 0.15) is 0 Å². The van der Waals surface area contributed by atoms with Crippen molar-refractivity contribution in [3.8, 4) is 0 Å². The van der Waals surface area contributed by atoms with E-state index in [9.17, 15) is 18.5 Å². The number of hydrogen-bond acceptors (Lipinski definition) is 5. The molecule has 7 nitrogen and oxygen atoms in total. The van der Waals surface area contributed by atoms with E-state index < -0.39 is 20.6 Å². The van der Waals surface area contributed by atoms with Gasteiger partial charge < -0.3 is 5.73 Å². The third-order valence-electron chi connectivity index (χ3n) is 1.84. The normalized spacial score (nSPS) is 10.8. The molecule has 10 heteroatoms. The molecule has 1 rings (SSSR count). The Morgan fingerprint density at radius 2 is 2.06 bits per heavy atom. The highest BCUT2D eigenvalue weighted by atomic mass is 79.9. The van der Waals surface area contributed by atoms with E-state index in [0.29, 0.717) is 4.47 Å². The lowest BCUT2D eigenvalue weighted by molar-refractivity contribution is -0.387. The first-order chi connectivity index (χ1) is 7.88. The molecule has 0 saturated carbocycles. The van der Waals surface area contributed by atoms with Gasteiger partial charge in [-0.3, -0.25) is 10.1 Å². The largest absolute Gasteiger partial charge is 0.329 e. The Bertz CT molecular complexity index is 537. The minimum absolute atomic E-state index is 0. The van der Waals surface area contributed by atoms with Gasteiger partial charge in [0.2, 0.25) is 10.0 Å². The van der Waals surface area contributed by atoms with E-state index in [-0.39, 0.29) is 30.4 Å². The van der Waals surface area contributed by atoms with Gasteiger partial charge in [-0.1, -0.05) is 15.9 Å². The zero-order valence-corrected chi connectivity index (χ0v) is 12.2. The van der Waals surface area contributed by atoms with Gasteiger partial charge in [-0.15, -0.1) is 12.4 Å². The number of nitro groups is 1. The molecule has 0 aromatic heterocycles. The van der Waals surface area contributed by atoms with E-state index in [0.717, 1.165) is 6.07 Å². The molecule has 0 atom stereocenters. The topological polar surface area (TPSA) is 115 Å². The van der Waals surface area contributed by atoms with Crippen molar-refractivity contribution in [1.29, 1.82) is 0 Å². The van der Waals surface area contributed by atoms with Gasteiger partial charge in [-0.2, -0.15) is 0 Å². The Morgan fingerprint density at radius 1 is 1.44 bits per heavy atom. The third kappa shape index (κ3) is 4.18. The van der Waals surface area contributed by atoms with E-state index in [4.69, 9.17) is 5.73 Å². The fourth-order valence-electron chi connectivity index (χ4n) is 1.13. The van der Waals surface area contributed by atoms with Crippen LogP contribution < -0.4 is 10.5 Å². The van der Waals surface area contributed by atoms with Gasteiger partial charge in [0.25, 0.3) is 5.69 Å². The highest BCUT2D eigenvalue weighted by Gasteiger charge is 2.25. The SMILES string of the molecule is Cl.NCCNS(=O)(=O)c1ccc(Br)cc1[N+](=O)[O-]. The number of nitrogens with one attached hydrogen (secondary N) is 1. The van der Waals surface area contributed by atoms with Crippen LogP contribution in [-0.4, -0.2) is 26.4 Å². The number of halogens is 2. The molecule has 102 valence electrons. The molecule has 0 fully saturated rings. The van der Waals surface area contributed by atoms with Crippen molar-refractivity contribution >= 4 is 44.0 Å². The smallest absolute Gasteiger partial charge is 0.290 e. The zero-order valence-electron chi connectivity index (χ0n) is 9.00. The van der Waals surface area contributed by atoms with Crippen molar-refractivity contribution in [2.75, 3.05) is 13.1 Å². The molecule has 0 aliphatic heterocycles. The number of nitrogens with two attached hydrogens (primary N) is 1. The molecule has 0 aliphatic carbocycles. The van der Waals surface area contributed by atoms with Crippen LogP contribution in [0.2, 0.25) is 0 Å². The fourth-order valence-corrected chi connectivity index (χ4v) is 2.68. The molecule has 0 spiro atoms. The summed E-state index contributed by atoms with van der Waals surface area (Å²) in [5, 5.41) is 10.8. The van der Waals surface area contributed by atoms with Crippen LogP contribution in [0.1, 0.15) is 0 Å². The molecule has 1 aromatic carbocycles. The van der Waals surface area contributed by atoms with E-state index in [1.54, 1.807) is 0 Å². The lowest BCUT2D eigenvalue weighted by Crippen LogP contribution is -2.29. The first-order valence-electron chi connectivity index (χ1n) is 4.52. The predicted octanol–water partition coefficient (Wildman–Crippen LogP) is 1.02. The molecule has 18 heavy (non-hydrogen) atoms. The van der Waals surface area contributed by atoms with Gasteiger partial charge in [0.15, 0.2) is 4.90 Å². The summed E-state index contributed by atoms with van der Waals surface area (Å²) in [7, 11) is -3.91. The zero-order chi connectivity index (χ0) is 13.1. The van der Waals surface area contributed by atoms with Crippen LogP contribution in [0.4, 0.5) is 5.69 Å². The number of nitro benzene ring substituents is 1. The van der Waals surface area contributed by atoms with Gasteiger partial charge in [0, 0.05) is 23.6 Å². The van der Waals surface area contributed by atoms with Crippen LogP contribution in [-0.2, 0) is 10.0 Å². The molecule has 0 bridgehead atoms. The second kappa shape index (κ2) is 7.00. The van der Waals surface area contributed by atoms with Crippen LogP contribution in [0.25, 0.3) is 0 Å². The second-order valence-corrected chi connectivity index (χ2v) is 5.71. The second-order valence-electron chi connectivity index (χ2n) is 3.06. The van der Waals surface area contributed by atoms with E-state index in [1.807, 2.05) is 0 Å². The summed E-state index contributed by atoms with van der Waals surface area (Å²) in [6.07, 6.45) is 0. The van der Waals surface area contributed by atoms with Gasteiger partial charge in [-0.25, -0.2) is 13.1 Å². The average molecular weight is 361 g/mol. The summed E-state index contributed by atoms with van der Waals surface area (Å²) in [6, 6.07) is 3.72. The lowest BCUT2D eigenvalue weighted by Gasteiger charge is -2.06. The Hall–Kier alpha value is -0.740. The summed E-state index contributed by atoms with van der Waals surface area (Å²) in [4.78, 5) is 9.64. The number of rotatable bonds is 5. The molecular weight excluding hydrogens is 350 g/mol. The molecule has 0 radical (unpaired) electrons. The molecule has 0 unspecified atom stereocenters. The maximum absolute atomic E-state index is 11.7. The monoisotopic (exact) mass is 359 g/mol. The number of nitrogens with zero attached hydrogens (tertiary/aromatic N) is 1. The highest BCUT2D eigenvalue weighted by Crippen LogP contribution is 2.26. The highest BCUT2D eigenvalue weighted by molar-refractivity contribution is 9.10. The first kappa shape index (κ1) is 17.3. The number of benzene rings is 1. The predicted molar refractivity (Wildman–Crippen MR) is 72.3 cm³/mol. The summed E-state index contributed by atoms with van der Waals surface area (Å²) < 4.78 is 26.1. The maximum atomic E-state index is 11.7. The summed E-state index contributed by atoms with van der Waals surface area (Å²) in [5.41, 5.74) is 4.68. The maximum Gasteiger partial charge on any atom is 0.290 e. The lowest BCUT2D eigenvalue weighted by atomic mass is 10.3. The third-order valence-corrected chi connectivity index (χ3v) is 3.85. The molecule has 0 heterocycles. The van der Waals surface area contributed by atoms with Crippen molar-refractivity contribution in [3.05, 3.63) is 32.8 Å². The molecular formula is C8H11BrClN3O4S. The number of hydrogen-bond donors (Lipinski definition) is 2. The van der Waals surface area contributed by atoms with Crippen LogP contribution in [0.3, 0.4) is 0 Å². The van der Waals surface area contributed by atoms with E-state index in [2.05, 4.69) is 20.7 Å². The van der Waals surface area contributed by atoms with Crippen molar-refractivity contribution < 1.29 is 13.3 Å². The summed E-state index contributed by atoms with van der Waals surface area (Å²) in [6.45, 7) is 0.138. The van der Waals surface area contributed by atoms with Crippen LogP contribution in [0, 0.1) is 10.1 Å². The van der Waals surface area contributed by atoms with Crippen LogP contribution in [0.5, 0.6) is 0 Å². The van der Waals surface area contributed by atoms with Crippen molar-refractivity contribution in [2.45, 2.75) is 4.90 Å². The van der Waals surface area contributed by atoms with Crippen LogP contribution in [0.15, 0.2) is 27.6 Å². The molecule has 1 aromatic rings. The fraction of sp³-hybridized carbons (Fsp3) is 0.250. The van der Waals surface area contributed by atoms with Crippen molar-refractivity contribution in [2.24, 2.45) is 5.73 Å². The Labute approximate surface area is 118 Å². The minimum atomic E-state index is -3.91. The van der Waals surface area contributed by atoms with Crippen molar-refractivity contribution in [1.82, 2.24) is 4.72 Å². The standard InChI is InChI=1S/C8H10BrN3O4S.ClH/c9-6-1-2-8(7(5-6)12(13)14)17(15,16)11-4-3-10;/h1-2,5,11H,3-4,10H2;1H. The minimum Gasteiger partial charge on any atom is -0.329 e. The molecule has 0 saturated heterocycles. The van der Waals surface area contributed by atoms with Crippen LogP contribution >= 0.6 is 28.3 Å². The summed E-state index contributed by atoms with van der Waals surface area (Å²) in [5.74, 6) is 0. The Balaban J connectivity index is 0.00000289. The Morgan fingerprint density at radius 3 is 2.56 bits per heavy atom. The van der Waals surface area contributed by atoms with Gasteiger partial charge in [0.05, 0.1) is 4.92 Å². The Kier molecular flexibility index (Phi) is 6.71. The molecule has 0 amide bonds. The van der Waals surface area contributed by atoms with E-state index in [1.165, 1.54) is 12.1 Å². The van der Waals surface area contributed by atoms with Gasteiger partial charge in [-0.05, 0) is 12.1 Å². The van der Waals surface area contributed by atoms with Crippen molar-refractivity contribution in [3.63, 3.8) is 0 Å². The molecule has 3 N–H and O–H groups in total. The van der Waals surface area contributed by atoms with E-state index >= 15 is 0 Å². The quantitative estimate of drug-likeness (QED) is 0.601. The summed E-state index contributed by atoms with van der Waals surface area (Å²) >= 11 is 3.04. The average Bonchev–Trinajstić information content (AvgIpc) is 2.26. The molecule has 0 aliphatic rings. The first-order valence-corrected chi connectivity index (χ1v) is 6.80. The van der Waals surface area contributed by atoms with Gasteiger partial charge >= 0.3 is 0 Å². The number of sulfonamides is 1.